The van der Waals surface area contributed by atoms with E-state index < -0.39 is 0 Å². The third-order valence-corrected chi connectivity index (χ3v) is 4.46. The number of likely N-dealkylation sites (N-methyl/N-ethyl adjacent to an activating group) is 1. The van der Waals surface area contributed by atoms with Gasteiger partial charge in [-0.05, 0) is 30.8 Å². The Bertz CT molecular complexity index is 515. The van der Waals surface area contributed by atoms with Crippen molar-refractivity contribution in [2.75, 3.05) is 20.2 Å². The average Bonchev–Trinajstić information content (AvgIpc) is 2.92. The van der Waals surface area contributed by atoms with Gasteiger partial charge in [0.25, 0.3) is 0 Å². The van der Waals surface area contributed by atoms with Crippen LogP contribution in [0.15, 0.2) is 11.4 Å². The number of nitrogens with one attached hydrogen (secondary N) is 1. The molecular weight excluding hydrogens is 272 g/mol. The predicted octanol–water partition coefficient (Wildman–Crippen LogP) is 1.19. The molecular formula is C15H20N2O2S. The van der Waals surface area contributed by atoms with Crippen LogP contribution in [0, 0.1) is 11.8 Å². The highest BCUT2D eigenvalue weighted by atomic mass is 32.1. The minimum absolute atomic E-state index is 0.0329. The molecule has 2 N–H and O–H groups in total. The summed E-state index contributed by atoms with van der Waals surface area (Å²) in [5, 5.41) is 13.6. The third-order valence-electron chi connectivity index (χ3n) is 3.56. The molecule has 4 nitrogen and oxygen atoms in total. The Morgan fingerprint density at radius 1 is 1.60 bits per heavy atom. The van der Waals surface area contributed by atoms with Crippen molar-refractivity contribution >= 4 is 17.2 Å². The van der Waals surface area contributed by atoms with Gasteiger partial charge in [-0.15, -0.1) is 11.3 Å². The van der Waals surface area contributed by atoms with Gasteiger partial charge in [-0.25, -0.2) is 0 Å². The van der Waals surface area contributed by atoms with E-state index in [-0.39, 0.29) is 18.6 Å². The van der Waals surface area contributed by atoms with Gasteiger partial charge in [0.2, 0.25) is 5.91 Å². The molecule has 0 radical (unpaired) electrons. The van der Waals surface area contributed by atoms with E-state index >= 15 is 0 Å². The van der Waals surface area contributed by atoms with E-state index in [1.165, 1.54) is 4.88 Å². The zero-order valence-electron chi connectivity index (χ0n) is 11.7. The quantitative estimate of drug-likeness (QED) is 0.823. The van der Waals surface area contributed by atoms with Crippen molar-refractivity contribution in [2.24, 2.45) is 0 Å². The predicted molar refractivity (Wildman–Crippen MR) is 80.4 cm³/mol. The minimum atomic E-state index is -0.125. The fraction of sp³-hybridized carbons (Fsp3) is 0.533. The summed E-state index contributed by atoms with van der Waals surface area (Å²) in [5.74, 6) is 5.76. The van der Waals surface area contributed by atoms with Crippen LogP contribution in [-0.2, 0) is 11.3 Å². The Morgan fingerprint density at radius 2 is 2.45 bits per heavy atom. The summed E-state index contributed by atoms with van der Waals surface area (Å²) in [6.07, 6.45) is 3.16. The molecule has 108 valence electrons. The van der Waals surface area contributed by atoms with Crippen LogP contribution < -0.4 is 5.32 Å². The van der Waals surface area contributed by atoms with Gasteiger partial charge in [-0.3, -0.25) is 9.69 Å². The van der Waals surface area contributed by atoms with Crippen molar-refractivity contribution in [3.8, 4) is 11.8 Å². The lowest BCUT2D eigenvalue weighted by Gasteiger charge is -2.34. The van der Waals surface area contributed by atoms with E-state index in [1.807, 2.05) is 11.4 Å². The molecule has 2 heterocycles. The van der Waals surface area contributed by atoms with Gasteiger partial charge in [-0.1, -0.05) is 18.3 Å². The summed E-state index contributed by atoms with van der Waals surface area (Å²) in [6.45, 7) is 1.58. The summed E-state index contributed by atoms with van der Waals surface area (Å²) in [6, 6.07) is 1.94. The highest BCUT2D eigenvalue weighted by molar-refractivity contribution is 7.10. The van der Waals surface area contributed by atoms with Gasteiger partial charge in [0, 0.05) is 24.0 Å². The Hall–Kier alpha value is -1.35. The topological polar surface area (TPSA) is 52.6 Å². The van der Waals surface area contributed by atoms with Crippen LogP contribution in [0.2, 0.25) is 0 Å². The molecule has 20 heavy (non-hydrogen) atoms. The van der Waals surface area contributed by atoms with E-state index in [4.69, 9.17) is 5.11 Å². The second kappa shape index (κ2) is 7.44. The summed E-state index contributed by atoms with van der Waals surface area (Å²) in [5.41, 5.74) is 0.963. The zero-order chi connectivity index (χ0) is 14.4. The fourth-order valence-electron chi connectivity index (χ4n) is 2.54. The summed E-state index contributed by atoms with van der Waals surface area (Å²) in [4.78, 5) is 15.4. The maximum absolute atomic E-state index is 12.0. The van der Waals surface area contributed by atoms with Crippen LogP contribution in [0.1, 0.15) is 29.7 Å². The Labute approximate surface area is 123 Å². The smallest absolute Gasteiger partial charge is 0.237 e. The SMILES string of the molecule is CNC(=O)C1CCCCN1Cc1sccc1C#CCO. The molecule has 1 fully saturated rings. The van der Waals surface area contributed by atoms with Crippen molar-refractivity contribution in [3.05, 3.63) is 21.9 Å². The molecule has 1 aliphatic heterocycles. The molecule has 1 aliphatic rings. The molecule has 5 heteroatoms. The van der Waals surface area contributed by atoms with E-state index in [9.17, 15) is 4.79 Å². The van der Waals surface area contributed by atoms with Crippen LogP contribution in [0.5, 0.6) is 0 Å². The number of hydrogen-bond acceptors (Lipinski definition) is 4. The average molecular weight is 292 g/mol. The number of nitrogens with zero attached hydrogens (tertiary/aromatic N) is 1. The largest absolute Gasteiger partial charge is 0.384 e. The van der Waals surface area contributed by atoms with Crippen molar-refractivity contribution in [2.45, 2.75) is 31.8 Å². The maximum Gasteiger partial charge on any atom is 0.237 e. The Kier molecular flexibility index (Phi) is 5.60. The molecule has 0 aliphatic carbocycles. The molecule has 0 aromatic carbocycles. The van der Waals surface area contributed by atoms with Crippen molar-refractivity contribution in [1.29, 1.82) is 0 Å². The van der Waals surface area contributed by atoms with E-state index in [0.29, 0.717) is 0 Å². The zero-order valence-corrected chi connectivity index (χ0v) is 12.5. The van der Waals surface area contributed by atoms with Gasteiger partial charge in [0.05, 0.1) is 6.04 Å². The van der Waals surface area contributed by atoms with Crippen LogP contribution in [0.3, 0.4) is 0 Å². The first kappa shape index (κ1) is 15.0. The molecule has 1 amide bonds. The van der Waals surface area contributed by atoms with Crippen LogP contribution in [-0.4, -0.2) is 42.2 Å². The number of rotatable bonds is 3. The number of aliphatic hydroxyl groups excluding tert-OH is 1. The molecule has 0 spiro atoms. The van der Waals surface area contributed by atoms with Gasteiger partial charge in [0.15, 0.2) is 0 Å². The third kappa shape index (κ3) is 3.60. The fourth-order valence-corrected chi connectivity index (χ4v) is 3.39. The first-order valence-electron chi connectivity index (χ1n) is 6.88. The van der Waals surface area contributed by atoms with E-state index in [2.05, 4.69) is 22.1 Å². The molecule has 1 aromatic heterocycles. The number of aliphatic hydroxyl groups is 1. The maximum atomic E-state index is 12.0. The normalized spacial score (nSPS) is 19.2. The molecule has 2 rings (SSSR count). The summed E-state index contributed by atoms with van der Waals surface area (Å²) >= 11 is 1.66. The summed E-state index contributed by atoms with van der Waals surface area (Å²) in [7, 11) is 1.69. The lowest BCUT2D eigenvalue weighted by molar-refractivity contribution is -0.127. The van der Waals surface area contributed by atoms with Gasteiger partial charge >= 0.3 is 0 Å². The second-order valence-corrected chi connectivity index (χ2v) is 5.81. The number of carbonyl (C=O) groups is 1. The Balaban J connectivity index is 2.11. The number of amides is 1. The van der Waals surface area contributed by atoms with E-state index in [1.54, 1.807) is 18.4 Å². The monoisotopic (exact) mass is 292 g/mol. The first-order valence-corrected chi connectivity index (χ1v) is 7.76. The first-order chi connectivity index (χ1) is 9.76. The number of likely N-dealkylation sites (tertiary alicyclic amines) is 1. The molecule has 1 atom stereocenters. The lowest BCUT2D eigenvalue weighted by Crippen LogP contribution is -2.48. The number of carbonyl (C=O) groups excluding carboxylic acids is 1. The van der Waals surface area contributed by atoms with Crippen LogP contribution in [0.25, 0.3) is 0 Å². The number of hydrogen-bond donors (Lipinski definition) is 2. The second-order valence-electron chi connectivity index (χ2n) is 4.81. The van der Waals surface area contributed by atoms with Gasteiger partial charge < -0.3 is 10.4 Å². The molecule has 1 saturated heterocycles. The van der Waals surface area contributed by atoms with Gasteiger partial charge in [0.1, 0.15) is 6.61 Å². The molecule has 1 aromatic rings. The van der Waals surface area contributed by atoms with Crippen LogP contribution >= 0.6 is 11.3 Å². The molecule has 0 bridgehead atoms. The molecule has 1 unspecified atom stereocenters. The highest BCUT2D eigenvalue weighted by Gasteiger charge is 2.28. The standard InChI is InChI=1S/C15H20N2O2S/c1-16-15(19)13-6-2-3-8-17(13)11-14-12(5-4-9-18)7-10-20-14/h7,10,13,18H,2-3,6,8-9,11H2,1H3,(H,16,19). The number of thiophene rings is 1. The van der Waals surface area contributed by atoms with Gasteiger partial charge in [-0.2, -0.15) is 0 Å². The van der Waals surface area contributed by atoms with Crippen molar-refractivity contribution in [1.82, 2.24) is 10.2 Å². The van der Waals surface area contributed by atoms with Crippen LogP contribution in [0.4, 0.5) is 0 Å². The van der Waals surface area contributed by atoms with E-state index in [0.717, 1.165) is 37.9 Å². The van der Waals surface area contributed by atoms with Crippen molar-refractivity contribution in [3.63, 3.8) is 0 Å². The number of piperidine rings is 1. The highest BCUT2D eigenvalue weighted by Crippen LogP contribution is 2.24. The summed E-state index contributed by atoms with van der Waals surface area (Å²) < 4.78 is 0. The van der Waals surface area contributed by atoms with Crippen molar-refractivity contribution < 1.29 is 9.90 Å². The molecule has 0 saturated carbocycles. The lowest BCUT2D eigenvalue weighted by atomic mass is 10.0. The Morgan fingerprint density at radius 3 is 3.20 bits per heavy atom. The minimum Gasteiger partial charge on any atom is -0.384 e.